The third-order valence-electron chi connectivity index (χ3n) is 6.06. The first-order valence-electron chi connectivity index (χ1n) is 12.7. The van der Waals surface area contributed by atoms with E-state index in [0.717, 1.165) is 6.07 Å². The van der Waals surface area contributed by atoms with Crippen molar-refractivity contribution in [1.29, 1.82) is 0 Å². The first-order chi connectivity index (χ1) is 20.6. The Bertz CT molecular complexity index is 1300. The van der Waals surface area contributed by atoms with E-state index in [1.165, 1.54) is 49.4 Å². The molecule has 2 aromatic carbocycles. The number of carbonyl (C=O) groups is 2. The van der Waals surface area contributed by atoms with Crippen LogP contribution < -0.4 is 9.47 Å². The second kappa shape index (κ2) is 14.1. The molecule has 252 valence electrons. The highest BCUT2D eigenvalue weighted by Crippen LogP contribution is 2.57. The largest absolute Gasteiger partial charge is 0.492 e. The molecule has 18 heteroatoms. The Morgan fingerprint density at radius 1 is 0.844 bits per heavy atom. The third-order valence-corrected chi connectivity index (χ3v) is 6.06. The molecule has 0 fully saturated rings. The lowest BCUT2D eigenvalue weighted by molar-refractivity contribution is -0.422. The molecule has 0 aliphatic carbocycles. The molecule has 45 heavy (non-hydrogen) atoms. The summed E-state index contributed by atoms with van der Waals surface area (Å²) in [4.78, 5) is 23.5. The van der Waals surface area contributed by atoms with Crippen LogP contribution in [-0.4, -0.2) is 84.3 Å². The number of aliphatic carboxylic acids is 1. The van der Waals surface area contributed by atoms with E-state index in [0.29, 0.717) is 11.1 Å². The van der Waals surface area contributed by atoms with E-state index in [9.17, 15) is 57.9 Å². The number of halogens is 11. The van der Waals surface area contributed by atoms with Crippen molar-refractivity contribution in [2.75, 3.05) is 26.3 Å². The van der Waals surface area contributed by atoms with Crippen LogP contribution in [0.1, 0.15) is 18.1 Å². The topological polar surface area (TPSA) is 85.3 Å². The summed E-state index contributed by atoms with van der Waals surface area (Å²) in [5.74, 6) is -30.5. The molecule has 2 aromatic rings. The van der Waals surface area contributed by atoms with Crippen LogP contribution in [-0.2, 0) is 16.0 Å². The lowest BCUT2D eigenvalue weighted by Gasteiger charge is -2.38. The van der Waals surface area contributed by atoms with Crippen molar-refractivity contribution in [3.63, 3.8) is 0 Å². The van der Waals surface area contributed by atoms with Gasteiger partial charge in [0.05, 0.1) is 13.1 Å². The van der Waals surface area contributed by atoms with Gasteiger partial charge in [0.15, 0.2) is 6.10 Å². The van der Waals surface area contributed by atoms with Crippen molar-refractivity contribution in [2.24, 2.45) is 0 Å². The number of aryl methyl sites for hydroxylation is 1. The van der Waals surface area contributed by atoms with Crippen molar-refractivity contribution in [3.8, 4) is 11.5 Å². The molecular formula is C27H26F11NO6. The molecular weight excluding hydrogens is 643 g/mol. The van der Waals surface area contributed by atoms with Gasteiger partial charge in [-0.25, -0.2) is 9.59 Å². The minimum atomic E-state index is -7.64. The monoisotopic (exact) mass is 669 g/mol. The van der Waals surface area contributed by atoms with E-state index in [1.54, 1.807) is 6.92 Å². The first-order valence-corrected chi connectivity index (χ1v) is 12.7. The zero-order valence-corrected chi connectivity index (χ0v) is 23.3. The lowest BCUT2D eigenvalue weighted by Crippen LogP contribution is -2.68. The van der Waals surface area contributed by atoms with Crippen molar-refractivity contribution >= 4 is 12.1 Å². The Kier molecular flexibility index (Phi) is 11.7. The van der Waals surface area contributed by atoms with Gasteiger partial charge in [0.25, 0.3) is 0 Å². The van der Waals surface area contributed by atoms with Crippen LogP contribution in [0.15, 0.2) is 48.5 Å². The highest BCUT2D eigenvalue weighted by molar-refractivity contribution is 5.72. The number of ether oxygens (including phenoxy) is 3. The number of benzene rings is 2. The van der Waals surface area contributed by atoms with Gasteiger partial charge in [-0.3, -0.25) is 4.90 Å². The minimum absolute atomic E-state index is 0.0394. The summed E-state index contributed by atoms with van der Waals surface area (Å²) < 4.78 is 164. The SMILES string of the molecule is CCOC(Cc1ccc(OCCN(CC(F)(F)C(F)(F)C(F)(F)C(F)(F)C(F)(F)F)C(=O)Oc2cccc(C)c2)cc1)C(=O)O. The van der Waals surface area contributed by atoms with Gasteiger partial charge in [0.1, 0.15) is 18.1 Å². The summed E-state index contributed by atoms with van der Waals surface area (Å²) >= 11 is 0. The first kappa shape index (κ1) is 37.4. The lowest BCUT2D eigenvalue weighted by atomic mass is 9.97. The van der Waals surface area contributed by atoms with E-state index in [-0.39, 0.29) is 29.4 Å². The molecule has 0 heterocycles. The molecule has 0 aliphatic rings. The van der Waals surface area contributed by atoms with Crippen molar-refractivity contribution in [3.05, 3.63) is 59.7 Å². The van der Waals surface area contributed by atoms with Crippen LogP contribution in [0.25, 0.3) is 0 Å². The van der Waals surface area contributed by atoms with Crippen molar-refractivity contribution in [2.45, 2.75) is 56.2 Å². The van der Waals surface area contributed by atoms with Gasteiger partial charge in [-0.15, -0.1) is 0 Å². The molecule has 0 saturated carbocycles. The predicted octanol–water partition coefficient (Wildman–Crippen LogP) is 7.01. The number of carbonyl (C=O) groups excluding carboxylic acids is 1. The fraction of sp³-hybridized carbons (Fsp3) is 0.481. The summed E-state index contributed by atoms with van der Waals surface area (Å²) in [7, 11) is 0. The van der Waals surface area contributed by atoms with E-state index >= 15 is 0 Å². The van der Waals surface area contributed by atoms with Crippen molar-refractivity contribution in [1.82, 2.24) is 4.90 Å². The van der Waals surface area contributed by atoms with E-state index in [1.807, 2.05) is 0 Å². The fourth-order valence-electron chi connectivity index (χ4n) is 3.65. The number of carboxylic acid groups (broad SMARTS) is 1. The average molecular weight is 669 g/mol. The van der Waals surface area contributed by atoms with Gasteiger partial charge in [-0.1, -0.05) is 24.3 Å². The Morgan fingerprint density at radius 2 is 1.44 bits per heavy atom. The van der Waals surface area contributed by atoms with Crippen molar-refractivity contribution < 1.29 is 77.2 Å². The van der Waals surface area contributed by atoms with Crippen LogP contribution in [0.4, 0.5) is 53.1 Å². The standard InChI is InChI=1S/C27H26F11NO6/c1-3-43-20(21(40)41)14-17-7-9-18(10-8-17)44-12-11-39(22(42)45-19-6-4-5-16(2)13-19)15-23(28,29)24(30,31)25(32,33)26(34,35)27(36,37)38/h4-10,13,20H,3,11-12,14-15H2,1-2H3,(H,40,41). The number of hydrogen-bond donors (Lipinski definition) is 1. The van der Waals surface area contributed by atoms with Crippen LogP contribution in [0.2, 0.25) is 0 Å². The Morgan fingerprint density at radius 3 is 1.96 bits per heavy atom. The van der Waals surface area contributed by atoms with Crippen LogP contribution in [0.5, 0.6) is 11.5 Å². The number of nitrogens with zero attached hydrogens (tertiary/aromatic N) is 1. The molecule has 1 unspecified atom stereocenters. The van der Waals surface area contributed by atoms with Crippen LogP contribution in [0.3, 0.4) is 0 Å². The zero-order valence-electron chi connectivity index (χ0n) is 23.3. The Labute approximate surface area is 248 Å². The molecule has 2 rings (SSSR count). The Hall–Kier alpha value is -3.83. The molecule has 1 atom stereocenters. The quantitative estimate of drug-likeness (QED) is 0.206. The third kappa shape index (κ3) is 8.67. The van der Waals surface area contributed by atoms with Gasteiger partial charge < -0.3 is 19.3 Å². The van der Waals surface area contributed by atoms with Crippen LogP contribution in [0, 0.1) is 6.92 Å². The second-order valence-corrected chi connectivity index (χ2v) is 9.51. The second-order valence-electron chi connectivity index (χ2n) is 9.51. The maximum Gasteiger partial charge on any atom is 0.460 e. The summed E-state index contributed by atoms with van der Waals surface area (Å²) in [6.45, 7) is -1.56. The molecule has 0 aromatic heterocycles. The summed E-state index contributed by atoms with van der Waals surface area (Å²) in [5, 5.41) is 9.17. The maximum absolute atomic E-state index is 14.6. The summed E-state index contributed by atoms with van der Waals surface area (Å²) in [6, 6.07) is 10.4. The van der Waals surface area contributed by atoms with Crippen LogP contribution >= 0.6 is 0 Å². The van der Waals surface area contributed by atoms with Gasteiger partial charge >= 0.3 is 41.9 Å². The predicted molar refractivity (Wildman–Crippen MR) is 133 cm³/mol. The van der Waals surface area contributed by atoms with E-state index < -0.39 is 67.7 Å². The zero-order chi connectivity index (χ0) is 34.4. The maximum atomic E-state index is 14.6. The molecule has 1 amide bonds. The van der Waals surface area contributed by atoms with Gasteiger partial charge in [0, 0.05) is 13.0 Å². The van der Waals surface area contributed by atoms with E-state index in [2.05, 4.69) is 0 Å². The molecule has 7 nitrogen and oxygen atoms in total. The molecule has 0 spiro atoms. The normalized spacial score (nSPS) is 13.7. The smallest absolute Gasteiger partial charge is 0.460 e. The minimum Gasteiger partial charge on any atom is -0.492 e. The Balaban J connectivity index is 2.28. The number of amides is 1. The molecule has 0 saturated heterocycles. The summed E-state index contributed by atoms with van der Waals surface area (Å²) in [5.41, 5.74) is 0.908. The average Bonchev–Trinajstić information content (AvgIpc) is 2.92. The number of hydrogen-bond acceptors (Lipinski definition) is 5. The van der Waals surface area contributed by atoms with Gasteiger partial charge in [0.2, 0.25) is 0 Å². The van der Waals surface area contributed by atoms with Gasteiger partial charge in [-0.05, 0) is 49.2 Å². The molecule has 0 radical (unpaired) electrons. The number of rotatable bonds is 15. The molecule has 0 aliphatic heterocycles. The summed E-state index contributed by atoms with van der Waals surface area (Å²) in [6.07, 6.45) is -10.5. The number of carboxylic acids is 1. The van der Waals surface area contributed by atoms with E-state index in [4.69, 9.17) is 19.3 Å². The highest BCUT2D eigenvalue weighted by atomic mass is 19.4. The van der Waals surface area contributed by atoms with Gasteiger partial charge in [-0.2, -0.15) is 48.3 Å². The number of alkyl halides is 11. The molecule has 1 N–H and O–H groups in total. The fourth-order valence-corrected chi connectivity index (χ4v) is 3.65. The molecule has 0 bridgehead atoms. The highest BCUT2D eigenvalue weighted by Gasteiger charge is 2.87.